The predicted octanol–water partition coefficient (Wildman–Crippen LogP) is 3.88. The summed E-state index contributed by atoms with van der Waals surface area (Å²) in [6, 6.07) is 11.9. The molecule has 1 fully saturated rings. The van der Waals surface area contributed by atoms with Gasteiger partial charge in [-0.3, -0.25) is 10.00 Å². The van der Waals surface area contributed by atoms with Gasteiger partial charge in [-0.05, 0) is 31.7 Å². The lowest BCUT2D eigenvalue weighted by molar-refractivity contribution is 0.154. The van der Waals surface area contributed by atoms with E-state index >= 15 is 0 Å². The Morgan fingerprint density at radius 2 is 2.07 bits per heavy atom. The number of hydrogen-bond acceptors (Lipinski definition) is 5. The number of nitrogens with zero attached hydrogens (tertiary/aromatic N) is 5. The molecular formula is C19H22N6OS. The highest BCUT2D eigenvalue weighted by Crippen LogP contribution is 2.27. The number of carbonyl (C=O) groups excluding carboxylic acids is 1. The average molecular weight is 382 g/mol. The second kappa shape index (κ2) is 8.30. The fourth-order valence-electron chi connectivity index (χ4n) is 3.42. The summed E-state index contributed by atoms with van der Waals surface area (Å²) in [5.41, 5.74) is 1.01. The Labute approximate surface area is 162 Å². The molecule has 140 valence electrons. The van der Waals surface area contributed by atoms with Crippen LogP contribution in [0.5, 0.6) is 0 Å². The maximum Gasteiger partial charge on any atom is 0.323 e. The number of piperidine rings is 1. The number of aryl methyl sites for hydroxylation is 1. The lowest BCUT2D eigenvalue weighted by Gasteiger charge is -2.35. The molecule has 1 aliphatic heterocycles. The molecule has 1 unspecified atom stereocenters. The van der Waals surface area contributed by atoms with E-state index in [2.05, 4.69) is 20.6 Å². The highest BCUT2D eigenvalue weighted by molar-refractivity contribution is 7.18. The van der Waals surface area contributed by atoms with Crippen molar-refractivity contribution in [1.82, 2.24) is 24.9 Å². The second-order valence-electron chi connectivity index (χ2n) is 6.61. The van der Waals surface area contributed by atoms with Crippen molar-refractivity contribution < 1.29 is 4.79 Å². The Bertz CT molecular complexity index is 863. The minimum absolute atomic E-state index is 0.0871. The highest BCUT2D eigenvalue weighted by atomic mass is 32.1. The number of likely N-dealkylation sites (tertiary alicyclic amines) is 1. The number of amides is 2. The Kier molecular flexibility index (Phi) is 5.43. The molecule has 0 spiro atoms. The molecule has 0 radical (unpaired) electrons. The molecule has 0 saturated carbocycles. The van der Waals surface area contributed by atoms with Crippen LogP contribution >= 0.6 is 11.3 Å². The zero-order valence-corrected chi connectivity index (χ0v) is 15.8. The maximum absolute atomic E-state index is 12.8. The molecule has 2 aromatic heterocycles. The van der Waals surface area contributed by atoms with Crippen molar-refractivity contribution in [2.75, 3.05) is 11.9 Å². The van der Waals surface area contributed by atoms with Crippen molar-refractivity contribution in [1.29, 1.82) is 0 Å². The molecule has 3 heterocycles. The van der Waals surface area contributed by atoms with Crippen LogP contribution in [0, 0.1) is 0 Å². The van der Waals surface area contributed by atoms with Crippen molar-refractivity contribution in [2.45, 2.75) is 38.3 Å². The summed E-state index contributed by atoms with van der Waals surface area (Å²) < 4.78 is 1.92. The van der Waals surface area contributed by atoms with Gasteiger partial charge in [0.2, 0.25) is 5.13 Å². The molecule has 1 atom stereocenters. The molecule has 8 heteroatoms. The highest BCUT2D eigenvalue weighted by Gasteiger charge is 2.27. The summed E-state index contributed by atoms with van der Waals surface area (Å²) in [4.78, 5) is 14.8. The van der Waals surface area contributed by atoms with E-state index < -0.39 is 0 Å². The van der Waals surface area contributed by atoms with E-state index in [0.717, 1.165) is 49.3 Å². The van der Waals surface area contributed by atoms with Crippen LogP contribution in [0.25, 0.3) is 10.6 Å². The Morgan fingerprint density at radius 1 is 1.19 bits per heavy atom. The fraction of sp³-hybridized carbons (Fsp3) is 0.368. The van der Waals surface area contributed by atoms with Gasteiger partial charge in [0, 0.05) is 37.1 Å². The van der Waals surface area contributed by atoms with Gasteiger partial charge in [-0.2, -0.15) is 5.10 Å². The van der Waals surface area contributed by atoms with Crippen LogP contribution in [0.2, 0.25) is 0 Å². The zero-order chi connectivity index (χ0) is 18.5. The minimum Gasteiger partial charge on any atom is -0.321 e. The smallest absolute Gasteiger partial charge is 0.321 e. The van der Waals surface area contributed by atoms with Gasteiger partial charge < -0.3 is 4.90 Å². The number of urea groups is 1. The van der Waals surface area contributed by atoms with Gasteiger partial charge in [-0.15, -0.1) is 10.2 Å². The number of carbonyl (C=O) groups is 1. The molecule has 7 nitrogen and oxygen atoms in total. The molecule has 0 bridgehead atoms. The van der Waals surface area contributed by atoms with Gasteiger partial charge in [-0.25, -0.2) is 4.79 Å². The van der Waals surface area contributed by atoms with E-state index in [1.165, 1.54) is 11.3 Å². The van der Waals surface area contributed by atoms with Gasteiger partial charge in [0.05, 0.1) is 0 Å². The molecule has 4 rings (SSSR count). The van der Waals surface area contributed by atoms with E-state index in [9.17, 15) is 4.79 Å². The van der Waals surface area contributed by atoms with Crippen molar-refractivity contribution in [3.8, 4) is 10.6 Å². The molecule has 2 amide bonds. The van der Waals surface area contributed by atoms with Crippen LogP contribution in [0.3, 0.4) is 0 Å². The number of rotatable bonds is 5. The van der Waals surface area contributed by atoms with E-state index in [-0.39, 0.29) is 12.1 Å². The van der Waals surface area contributed by atoms with Gasteiger partial charge in [-0.1, -0.05) is 41.7 Å². The normalized spacial score (nSPS) is 17.0. The molecular weight excluding hydrogens is 360 g/mol. The Hall–Kier alpha value is -2.74. The number of nitrogens with one attached hydrogen (secondary N) is 1. The van der Waals surface area contributed by atoms with Crippen LogP contribution in [0.1, 0.15) is 25.7 Å². The first-order valence-electron chi connectivity index (χ1n) is 9.23. The van der Waals surface area contributed by atoms with Crippen LogP contribution in [0.4, 0.5) is 9.93 Å². The van der Waals surface area contributed by atoms with E-state index in [4.69, 9.17) is 0 Å². The van der Waals surface area contributed by atoms with Crippen LogP contribution in [-0.2, 0) is 6.54 Å². The fourth-order valence-corrected chi connectivity index (χ4v) is 4.16. The van der Waals surface area contributed by atoms with E-state index in [0.29, 0.717) is 5.13 Å². The van der Waals surface area contributed by atoms with Crippen LogP contribution in [0.15, 0.2) is 48.8 Å². The van der Waals surface area contributed by atoms with E-state index in [1.807, 2.05) is 52.2 Å². The summed E-state index contributed by atoms with van der Waals surface area (Å²) in [7, 11) is 0. The van der Waals surface area contributed by atoms with Crippen molar-refractivity contribution in [3.63, 3.8) is 0 Å². The SMILES string of the molecule is O=C(Nc1nnc(-c2ccccc2)s1)N1CCCCC1CCn1cccn1. The first-order chi connectivity index (χ1) is 13.3. The lowest BCUT2D eigenvalue weighted by atomic mass is 10.00. The number of anilines is 1. The second-order valence-corrected chi connectivity index (χ2v) is 7.59. The quantitative estimate of drug-likeness (QED) is 0.727. The van der Waals surface area contributed by atoms with Crippen molar-refractivity contribution in [3.05, 3.63) is 48.8 Å². The summed E-state index contributed by atoms with van der Waals surface area (Å²) in [6.07, 6.45) is 7.87. The summed E-state index contributed by atoms with van der Waals surface area (Å²) in [5, 5.41) is 16.9. The third kappa shape index (κ3) is 4.33. The topological polar surface area (TPSA) is 75.9 Å². The maximum atomic E-state index is 12.8. The lowest BCUT2D eigenvalue weighted by Crippen LogP contribution is -2.46. The van der Waals surface area contributed by atoms with Crippen LogP contribution < -0.4 is 5.32 Å². The average Bonchev–Trinajstić information content (AvgIpc) is 3.39. The predicted molar refractivity (Wildman–Crippen MR) is 106 cm³/mol. The number of benzene rings is 1. The van der Waals surface area contributed by atoms with Crippen LogP contribution in [-0.4, -0.2) is 43.5 Å². The molecule has 1 aromatic carbocycles. The molecule has 27 heavy (non-hydrogen) atoms. The van der Waals surface area contributed by atoms with Gasteiger partial charge in [0.15, 0.2) is 0 Å². The Balaban J connectivity index is 1.39. The largest absolute Gasteiger partial charge is 0.323 e. The van der Waals surface area contributed by atoms with Gasteiger partial charge in [0.25, 0.3) is 0 Å². The molecule has 1 aliphatic rings. The first kappa shape index (κ1) is 17.7. The summed E-state index contributed by atoms with van der Waals surface area (Å²) in [6.45, 7) is 1.60. The van der Waals surface area contributed by atoms with Gasteiger partial charge >= 0.3 is 6.03 Å². The van der Waals surface area contributed by atoms with Gasteiger partial charge in [0.1, 0.15) is 5.01 Å². The molecule has 0 aliphatic carbocycles. The minimum atomic E-state index is -0.0871. The first-order valence-corrected chi connectivity index (χ1v) is 10.1. The standard InChI is InChI=1S/C19H22N6OS/c26-19(21-18-23-22-17(27-18)15-7-2-1-3-8-15)25-13-5-4-9-16(25)10-14-24-12-6-11-20-24/h1-3,6-8,11-12,16H,4-5,9-10,13-14H2,(H,21,23,26). The number of aromatic nitrogens is 4. The number of hydrogen-bond donors (Lipinski definition) is 1. The summed E-state index contributed by atoms with van der Waals surface area (Å²) in [5.74, 6) is 0. The zero-order valence-electron chi connectivity index (χ0n) is 15.0. The molecule has 1 saturated heterocycles. The summed E-state index contributed by atoms with van der Waals surface area (Å²) >= 11 is 1.40. The van der Waals surface area contributed by atoms with E-state index in [1.54, 1.807) is 6.20 Å². The van der Waals surface area contributed by atoms with Crippen molar-refractivity contribution >= 4 is 22.5 Å². The third-order valence-electron chi connectivity index (χ3n) is 4.80. The molecule has 3 aromatic rings. The Morgan fingerprint density at radius 3 is 2.89 bits per heavy atom. The van der Waals surface area contributed by atoms with Crippen molar-refractivity contribution in [2.24, 2.45) is 0 Å². The third-order valence-corrected chi connectivity index (χ3v) is 5.69. The molecule has 1 N–H and O–H groups in total. The monoisotopic (exact) mass is 382 g/mol.